The number of aromatic nitrogens is 2. The van der Waals surface area contributed by atoms with Gasteiger partial charge in [0.05, 0.1) is 6.10 Å². The molecule has 1 aliphatic heterocycles. The molecule has 0 aromatic carbocycles. The van der Waals surface area contributed by atoms with Crippen LogP contribution < -0.4 is 11.1 Å². The van der Waals surface area contributed by atoms with Crippen LogP contribution in [0, 0.1) is 6.92 Å². The largest absolute Gasteiger partial charge is 0.376 e. The number of nitrogens with one attached hydrogen (secondary N) is 1. The lowest BCUT2D eigenvalue weighted by Gasteiger charge is -2.10. The van der Waals surface area contributed by atoms with Gasteiger partial charge in [-0.05, 0) is 12.8 Å². The first-order chi connectivity index (χ1) is 8.24. The van der Waals surface area contributed by atoms with Gasteiger partial charge in [0.15, 0.2) is 11.8 Å². The molecule has 1 aromatic rings. The zero-order valence-electron chi connectivity index (χ0n) is 10.3. The molecule has 0 aliphatic carbocycles. The molecule has 1 atom stereocenters. The summed E-state index contributed by atoms with van der Waals surface area (Å²) < 4.78 is 10.3. The summed E-state index contributed by atoms with van der Waals surface area (Å²) in [5, 5.41) is 6.74. The quantitative estimate of drug-likeness (QED) is 0.459. The predicted molar refractivity (Wildman–Crippen MR) is 76.8 cm³/mol. The monoisotopic (exact) mass is 367 g/mol. The van der Waals surface area contributed by atoms with E-state index in [0.717, 1.165) is 19.4 Å². The average molecular weight is 367 g/mol. The van der Waals surface area contributed by atoms with Gasteiger partial charge in [-0.1, -0.05) is 5.16 Å². The highest BCUT2D eigenvalue weighted by Crippen LogP contribution is 2.10. The summed E-state index contributed by atoms with van der Waals surface area (Å²) in [6.45, 7) is 3.59. The summed E-state index contributed by atoms with van der Waals surface area (Å²) in [5.41, 5.74) is 5.70. The van der Waals surface area contributed by atoms with Crippen molar-refractivity contribution in [1.82, 2.24) is 15.5 Å². The minimum Gasteiger partial charge on any atom is -0.376 e. The number of hydrogen-bond acceptors (Lipinski definition) is 5. The Labute approximate surface area is 123 Å². The van der Waals surface area contributed by atoms with Gasteiger partial charge in [-0.2, -0.15) is 4.98 Å². The zero-order chi connectivity index (χ0) is 12.1. The summed E-state index contributed by atoms with van der Waals surface area (Å²) in [4.78, 5) is 8.14. The van der Waals surface area contributed by atoms with Crippen LogP contribution in [0.4, 0.5) is 0 Å². The topological polar surface area (TPSA) is 98.6 Å². The maximum atomic E-state index is 5.70. The molecule has 1 aliphatic rings. The first-order valence-electron chi connectivity index (χ1n) is 5.68. The van der Waals surface area contributed by atoms with Crippen molar-refractivity contribution in [2.24, 2.45) is 10.7 Å². The second-order valence-corrected chi connectivity index (χ2v) is 3.95. The number of aliphatic imine (C=N–C) groups is 1. The van der Waals surface area contributed by atoms with Gasteiger partial charge in [-0.3, -0.25) is 0 Å². The normalized spacial score (nSPS) is 19.6. The van der Waals surface area contributed by atoms with Gasteiger partial charge in [0.2, 0.25) is 5.89 Å². The second-order valence-electron chi connectivity index (χ2n) is 3.95. The summed E-state index contributed by atoms with van der Waals surface area (Å²) in [6.07, 6.45) is 2.44. The minimum atomic E-state index is 0. The summed E-state index contributed by atoms with van der Waals surface area (Å²) >= 11 is 0. The fraction of sp³-hybridized carbons (Fsp3) is 0.700. The molecule has 3 N–H and O–H groups in total. The molecule has 0 spiro atoms. The van der Waals surface area contributed by atoms with Gasteiger partial charge in [-0.15, -0.1) is 24.0 Å². The van der Waals surface area contributed by atoms with E-state index in [0.29, 0.717) is 30.8 Å². The Balaban J connectivity index is 0.00000162. The lowest BCUT2D eigenvalue weighted by atomic mass is 10.2. The van der Waals surface area contributed by atoms with Gasteiger partial charge in [0.1, 0.15) is 6.54 Å². The maximum absolute atomic E-state index is 5.70. The average Bonchev–Trinajstić information content (AvgIpc) is 2.95. The second kappa shape index (κ2) is 7.52. The highest BCUT2D eigenvalue weighted by molar-refractivity contribution is 14.0. The number of rotatable bonds is 4. The highest BCUT2D eigenvalue weighted by atomic mass is 127. The van der Waals surface area contributed by atoms with E-state index in [9.17, 15) is 0 Å². The molecule has 0 radical (unpaired) electrons. The Morgan fingerprint density at radius 2 is 2.44 bits per heavy atom. The Kier molecular flexibility index (Phi) is 6.33. The van der Waals surface area contributed by atoms with Crippen molar-refractivity contribution >= 4 is 29.9 Å². The third-order valence-electron chi connectivity index (χ3n) is 2.50. The lowest BCUT2D eigenvalue weighted by Crippen LogP contribution is -2.37. The molecule has 102 valence electrons. The molecule has 8 heteroatoms. The van der Waals surface area contributed by atoms with Crippen LogP contribution in [0.3, 0.4) is 0 Å². The predicted octanol–water partition coefficient (Wildman–Crippen LogP) is 0.579. The van der Waals surface area contributed by atoms with Crippen molar-refractivity contribution < 1.29 is 9.26 Å². The highest BCUT2D eigenvalue weighted by Gasteiger charge is 2.14. The molecular weight excluding hydrogens is 349 g/mol. The number of hydrogen-bond donors (Lipinski definition) is 2. The molecule has 0 saturated carbocycles. The number of nitrogens with zero attached hydrogens (tertiary/aromatic N) is 3. The summed E-state index contributed by atoms with van der Waals surface area (Å²) in [6, 6.07) is 0. The van der Waals surface area contributed by atoms with Gasteiger partial charge in [-0.25, -0.2) is 4.99 Å². The third kappa shape index (κ3) is 4.77. The van der Waals surface area contributed by atoms with Crippen LogP contribution in [0.5, 0.6) is 0 Å². The fourth-order valence-corrected chi connectivity index (χ4v) is 1.64. The van der Waals surface area contributed by atoms with Gasteiger partial charge in [0.25, 0.3) is 0 Å². The summed E-state index contributed by atoms with van der Waals surface area (Å²) in [5.74, 6) is 1.44. The van der Waals surface area contributed by atoms with Crippen molar-refractivity contribution in [3.63, 3.8) is 0 Å². The van der Waals surface area contributed by atoms with E-state index in [4.69, 9.17) is 15.0 Å². The standard InChI is InChI=1S/C10H17N5O2.HI/c1-7-14-9(15-17-7)6-13-10(11)12-5-8-3-2-4-16-8;/h8H,2-6H2,1H3,(H3,11,12,13);1H. The summed E-state index contributed by atoms with van der Waals surface area (Å²) in [7, 11) is 0. The van der Waals surface area contributed by atoms with Gasteiger partial charge >= 0.3 is 0 Å². The Morgan fingerprint density at radius 1 is 1.61 bits per heavy atom. The molecule has 0 bridgehead atoms. The molecule has 0 amide bonds. The zero-order valence-corrected chi connectivity index (χ0v) is 12.6. The number of aryl methyl sites for hydroxylation is 1. The van der Waals surface area contributed by atoms with Crippen molar-refractivity contribution in [2.45, 2.75) is 32.4 Å². The van der Waals surface area contributed by atoms with Crippen LogP contribution in [0.2, 0.25) is 0 Å². The molecule has 7 nitrogen and oxygen atoms in total. The first-order valence-corrected chi connectivity index (χ1v) is 5.68. The van der Waals surface area contributed by atoms with E-state index in [1.54, 1.807) is 6.92 Å². The smallest absolute Gasteiger partial charge is 0.223 e. The van der Waals surface area contributed by atoms with Crippen LogP contribution in [0.1, 0.15) is 24.6 Å². The number of ether oxygens (including phenoxy) is 1. The van der Waals surface area contributed by atoms with E-state index in [2.05, 4.69) is 20.4 Å². The maximum Gasteiger partial charge on any atom is 0.223 e. The van der Waals surface area contributed by atoms with Crippen LogP contribution in [0.15, 0.2) is 9.52 Å². The number of nitrogens with two attached hydrogens (primary N) is 1. The number of guanidine groups is 1. The molecule has 2 heterocycles. The van der Waals surface area contributed by atoms with E-state index >= 15 is 0 Å². The number of halogens is 1. The van der Waals surface area contributed by atoms with Crippen molar-refractivity contribution in [3.8, 4) is 0 Å². The SMILES string of the molecule is Cc1nc(CN=C(N)NCC2CCCO2)no1.I. The third-order valence-corrected chi connectivity index (χ3v) is 2.50. The molecule has 2 rings (SSSR count). The van der Waals surface area contributed by atoms with Crippen LogP contribution in [-0.4, -0.2) is 35.4 Å². The Hall–Kier alpha value is -0.900. The van der Waals surface area contributed by atoms with Gasteiger partial charge < -0.3 is 20.3 Å². The Morgan fingerprint density at radius 3 is 3.06 bits per heavy atom. The van der Waals surface area contributed by atoms with E-state index < -0.39 is 0 Å². The molecular formula is C10H18IN5O2. The van der Waals surface area contributed by atoms with Crippen LogP contribution in [-0.2, 0) is 11.3 Å². The molecule has 1 unspecified atom stereocenters. The molecule has 1 saturated heterocycles. The van der Waals surface area contributed by atoms with Crippen molar-refractivity contribution in [1.29, 1.82) is 0 Å². The fourth-order valence-electron chi connectivity index (χ4n) is 1.64. The van der Waals surface area contributed by atoms with Crippen molar-refractivity contribution in [3.05, 3.63) is 11.7 Å². The van der Waals surface area contributed by atoms with Crippen molar-refractivity contribution in [2.75, 3.05) is 13.2 Å². The molecule has 1 aromatic heterocycles. The molecule has 18 heavy (non-hydrogen) atoms. The van der Waals surface area contributed by atoms with E-state index in [1.807, 2.05) is 0 Å². The van der Waals surface area contributed by atoms with E-state index in [1.165, 1.54) is 0 Å². The van der Waals surface area contributed by atoms with Crippen LogP contribution >= 0.6 is 24.0 Å². The van der Waals surface area contributed by atoms with Gasteiger partial charge in [0, 0.05) is 20.1 Å². The Bertz CT molecular complexity index is 389. The minimum absolute atomic E-state index is 0. The molecule has 1 fully saturated rings. The first kappa shape index (κ1) is 15.2. The lowest BCUT2D eigenvalue weighted by molar-refractivity contribution is 0.114. The van der Waals surface area contributed by atoms with Crippen LogP contribution in [0.25, 0.3) is 0 Å². The van der Waals surface area contributed by atoms with E-state index in [-0.39, 0.29) is 30.1 Å².